The SMILES string of the molecule is CCNc1cc(NCc2nccn2C)nc(N)n1. The van der Waals surface area contributed by atoms with Crippen LogP contribution in [0, 0.1) is 0 Å². The molecule has 0 atom stereocenters. The minimum absolute atomic E-state index is 0.246. The van der Waals surface area contributed by atoms with Crippen molar-refractivity contribution in [3.63, 3.8) is 0 Å². The Kier molecular flexibility index (Phi) is 3.61. The van der Waals surface area contributed by atoms with Gasteiger partial charge in [0, 0.05) is 32.1 Å². The first-order valence-electron chi connectivity index (χ1n) is 5.77. The summed E-state index contributed by atoms with van der Waals surface area (Å²) in [6, 6.07) is 1.82. The zero-order valence-corrected chi connectivity index (χ0v) is 10.5. The van der Waals surface area contributed by atoms with Crippen molar-refractivity contribution in [2.24, 2.45) is 7.05 Å². The van der Waals surface area contributed by atoms with Gasteiger partial charge in [-0.25, -0.2) is 4.98 Å². The van der Waals surface area contributed by atoms with Gasteiger partial charge in [-0.15, -0.1) is 0 Å². The van der Waals surface area contributed by atoms with Gasteiger partial charge in [-0.2, -0.15) is 9.97 Å². The molecule has 96 valence electrons. The van der Waals surface area contributed by atoms with Gasteiger partial charge in [0.25, 0.3) is 0 Å². The molecule has 0 aromatic carbocycles. The summed E-state index contributed by atoms with van der Waals surface area (Å²) in [4.78, 5) is 12.4. The standard InChI is InChI=1S/C11H17N7/c1-3-13-8-6-9(17-11(12)16-8)15-7-10-14-4-5-18(10)2/h4-6H,3,7H2,1-2H3,(H4,12,13,15,16,17). The molecule has 0 amide bonds. The maximum Gasteiger partial charge on any atom is 0.223 e. The molecule has 0 unspecified atom stereocenters. The number of aromatic nitrogens is 4. The van der Waals surface area contributed by atoms with E-state index in [0.717, 1.165) is 12.4 Å². The van der Waals surface area contributed by atoms with Gasteiger partial charge >= 0.3 is 0 Å². The fraction of sp³-hybridized carbons (Fsp3) is 0.364. The molecule has 0 saturated heterocycles. The van der Waals surface area contributed by atoms with E-state index in [-0.39, 0.29) is 5.95 Å². The number of anilines is 3. The van der Waals surface area contributed by atoms with Crippen molar-refractivity contribution in [2.75, 3.05) is 22.9 Å². The maximum absolute atomic E-state index is 5.65. The summed E-state index contributed by atoms with van der Waals surface area (Å²) in [5.41, 5.74) is 5.65. The number of rotatable bonds is 5. The monoisotopic (exact) mass is 247 g/mol. The van der Waals surface area contributed by atoms with Crippen LogP contribution in [0.2, 0.25) is 0 Å². The highest BCUT2D eigenvalue weighted by Crippen LogP contribution is 2.12. The van der Waals surface area contributed by atoms with Crippen LogP contribution in [-0.2, 0) is 13.6 Å². The topological polar surface area (TPSA) is 93.7 Å². The van der Waals surface area contributed by atoms with Crippen LogP contribution in [-0.4, -0.2) is 26.1 Å². The van der Waals surface area contributed by atoms with E-state index >= 15 is 0 Å². The van der Waals surface area contributed by atoms with Gasteiger partial charge in [0.2, 0.25) is 5.95 Å². The summed E-state index contributed by atoms with van der Waals surface area (Å²) in [6.07, 6.45) is 3.66. The number of hydrogen-bond acceptors (Lipinski definition) is 6. The predicted octanol–water partition coefficient (Wildman–Crippen LogP) is 0.836. The van der Waals surface area contributed by atoms with E-state index in [1.54, 1.807) is 6.20 Å². The van der Waals surface area contributed by atoms with Crippen LogP contribution >= 0.6 is 0 Å². The second-order valence-corrected chi connectivity index (χ2v) is 3.83. The molecule has 0 aliphatic rings. The van der Waals surface area contributed by atoms with Crippen molar-refractivity contribution in [3.8, 4) is 0 Å². The summed E-state index contributed by atoms with van der Waals surface area (Å²) in [6.45, 7) is 3.38. The molecule has 0 saturated carbocycles. The van der Waals surface area contributed by atoms with Crippen molar-refractivity contribution >= 4 is 17.6 Å². The van der Waals surface area contributed by atoms with Crippen molar-refractivity contribution in [1.29, 1.82) is 0 Å². The van der Waals surface area contributed by atoms with E-state index in [0.29, 0.717) is 18.2 Å². The largest absolute Gasteiger partial charge is 0.370 e. The van der Waals surface area contributed by atoms with Crippen LogP contribution in [0.1, 0.15) is 12.7 Å². The highest BCUT2D eigenvalue weighted by atomic mass is 15.1. The second-order valence-electron chi connectivity index (χ2n) is 3.83. The average molecular weight is 247 g/mol. The molecule has 2 aromatic rings. The number of hydrogen-bond donors (Lipinski definition) is 3. The normalized spacial score (nSPS) is 10.3. The number of nitrogens with zero attached hydrogens (tertiary/aromatic N) is 4. The number of nitrogen functional groups attached to an aromatic ring is 1. The van der Waals surface area contributed by atoms with E-state index < -0.39 is 0 Å². The smallest absolute Gasteiger partial charge is 0.223 e. The predicted molar refractivity (Wildman–Crippen MR) is 71.1 cm³/mol. The molecule has 7 nitrogen and oxygen atoms in total. The van der Waals surface area contributed by atoms with Crippen molar-refractivity contribution in [2.45, 2.75) is 13.5 Å². The van der Waals surface area contributed by atoms with Crippen LogP contribution in [0.5, 0.6) is 0 Å². The molecule has 0 radical (unpaired) electrons. The summed E-state index contributed by atoms with van der Waals surface area (Å²) in [5, 5.41) is 6.27. The summed E-state index contributed by atoms with van der Waals surface area (Å²) >= 11 is 0. The molecule has 0 aliphatic carbocycles. The molecular formula is C11H17N7. The third kappa shape index (κ3) is 2.88. The fourth-order valence-electron chi connectivity index (χ4n) is 1.56. The quantitative estimate of drug-likeness (QED) is 0.724. The van der Waals surface area contributed by atoms with Crippen LogP contribution in [0.4, 0.5) is 17.6 Å². The van der Waals surface area contributed by atoms with Gasteiger partial charge < -0.3 is 20.9 Å². The highest BCUT2D eigenvalue weighted by Gasteiger charge is 2.03. The minimum atomic E-state index is 0.246. The Balaban J connectivity index is 2.07. The number of imidazole rings is 1. The first-order valence-corrected chi connectivity index (χ1v) is 5.77. The van der Waals surface area contributed by atoms with Crippen molar-refractivity contribution in [3.05, 3.63) is 24.3 Å². The molecule has 2 aromatic heterocycles. The highest BCUT2D eigenvalue weighted by molar-refractivity contribution is 5.50. The molecule has 0 aliphatic heterocycles. The van der Waals surface area contributed by atoms with Gasteiger partial charge in [-0.05, 0) is 6.92 Å². The third-order valence-electron chi connectivity index (χ3n) is 2.45. The lowest BCUT2D eigenvalue weighted by atomic mass is 10.4. The molecule has 2 heterocycles. The molecule has 4 N–H and O–H groups in total. The Morgan fingerprint density at radius 3 is 2.61 bits per heavy atom. The Hall–Kier alpha value is -2.31. The van der Waals surface area contributed by atoms with Gasteiger partial charge in [0.05, 0.1) is 6.54 Å². The molecule has 18 heavy (non-hydrogen) atoms. The number of nitrogens with two attached hydrogens (primary N) is 1. The molecule has 0 spiro atoms. The van der Waals surface area contributed by atoms with Crippen LogP contribution in [0.15, 0.2) is 18.5 Å². The van der Waals surface area contributed by atoms with E-state index in [2.05, 4.69) is 25.6 Å². The van der Waals surface area contributed by atoms with Crippen LogP contribution in [0.25, 0.3) is 0 Å². The Morgan fingerprint density at radius 2 is 2.00 bits per heavy atom. The first-order chi connectivity index (χ1) is 8.69. The Bertz CT molecular complexity index is 520. The van der Waals surface area contributed by atoms with Gasteiger partial charge in [-0.1, -0.05) is 0 Å². The van der Waals surface area contributed by atoms with Crippen molar-refractivity contribution in [1.82, 2.24) is 19.5 Å². The van der Waals surface area contributed by atoms with E-state index in [4.69, 9.17) is 5.73 Å². The minimum Gasteiger partial charge on any atom is -0.370 e. The summed E-state index contributed by atoms with van der Waals surface area (Å²) in [7, 11) is 1.95. The second kappa shape index (κ2) is 5.35. The summed E-state index contributed by atoms with van der Waals surface area (Å²) in [5.74, 6) is 2.57. The lowest BCUT2D eigenvalue weighted by Crippen LogP contribution is -2.10. The fourth-order valence-corrected chi connectivity index (χ4v) is 1.56. The van der Waals surface area contributed by atoms with E-state index in [1.807, 2.05) is 30.8 Å². The van der Waals surface area contributed by atoms with E-state index in [1.165, 1.54) is 0 Å². The maximum atomic E-state index is 5.65. The zero-order chi connectivity index (χ0) is 13.0. The lowest BCUT2D eigenvalue weighted by molar-refractivity contribution is 0.810. The lowest BCUT2D eigenvalue weighted by Gasteiger charge is -2.08. The Morgan fingerprint density at radius 1 is 1.28 bits per heavy atom. The van der Waals surface area contributed by atoms with Crippen molar-refractivity contribution < 1.29 is 0 Å². The third-order valence-corrected chi connectivity index (χ3v) is 2.45. The molecule has 2 rings (SSSR count). The zero-order valence-electron chi connectivity index (χ0n) is 10.5. The van der Waals surface area contributed by atoms with Gasteiger partial charge in [0.15, 0.2) is 0 Å². The molecular weight excluding hydrogens is 230 g/mol. The molecule has 0 bridgehead atoms. The first kappa shape index (κ1) is 12.2. The van der Waals surface area contributed by atoms with Gasteiger partial charge in [0.1, 0.15) is 17.5 Å². The van der Waals surface area contributed by atoms with Gasteiger partial charge in [-0.3, -0.25) is 0 Å². The molecule has 0 fully saturated rings. The molecule has 7 heteroatoms. The Labute approximate surface area is 105 Å². The van der Waals surface area contributed by atoms with Crippen LogP contribution in [0.3, 0.4) is 0 Å². The average Bonchev–Trinajstić information content (AvgIpc) is 2.72. The van der Waals surface area contributed by atoms with Crippen LogP contribution < -0.4 is 16.4 Å². The number of aryl methyl sites for hydroxylation is 1. The van der Waals surface area contributed by atoms with E-state index in [9.17, 15) is 0 Å². The number of nitrogens with one attached hydrogen (secondary N) is 2. The summed E-state index contributed by atoms with van der Waals surface area (Å²) < 4.78 is 1.95.